The molecule has 0 heterocycles. The minimum absolute atomic E-state index is 0.660. The van der Waals surface area contributed by atoms with Gasteiger partial charge in [-0.05, 0) is 24.7 Å². The van der Waals surface area contributed by atoms with Crippen molar-refractivity contribution < 1.29 is 4.79 Å². The molecule has 62 valence electrons. The summed E-state index contributed by atoms with van der Waals surface area (Å²) in [7, 11) is 0. The van der Waals surface area contributed by atoms with E-state index in [0.29, 0.717) is 12.5 Å². The Morgan fingerprint density at radius 2 is 2.00 bits per heavy atom. The molecule has 1 aliphatic carbocycles. The summed E-state index contributed by atoms with van der Waals surface area (Å²) in [5, 5.41) is 0. The molecule has 0 aromatic carbocycles. The summed E-state index contributed by atoms with van der Waals surface area (Å²) in [6, 6.07) is 0. The van der Waals surface area contributed by atoms with Gasteiger partial charge in [-0.25, -0.2) is 9.79 Å². The number of carbonyl (C=O) groups excluding carboxylic acids is 1. The fourth-order valence-electron chi connectivity index (χ4n) is 1.68. The molecule has 0 bridgehead atoms. The molecular weight excluding hydrogens is 138 g/mol. The quantitative estimate of drug-likeness (QED) is 0.441. The van der Waals surface area contributed by atoms with Crippen molar-refractivity contribution in [2.45, 2.75) is 32.6 Å². The molecule has 0 atom stereocenters. The number of aliphatic imine (C=N–C) groups is 1. The maximum atomic E-state index is 9.82. The third-order valence-corrected chi connectivity index (χ3v) is 2.55. The van der Waals surface area contributed by atoms with Gasteiger partial charge in [0, 0.05) is 0 Å². The van der Waals surface area contributed by atoms with Gasteiger partial charge in [0.1, 0.15) is 0 Å². The SMILES string of the molecule is CC1CCC(CN=C=O)CC1. The molecule has 1 fully saturated rings. The minimum Gasteiger partial charge on any atom is -0.211 e. The Bertz CT molecular complexity index is 153. The fraction of sp³-hybridized carbons (Fsp3) is 0.889. The van der Waals surface area contributed by atoms with Crippen LogP contribution in [-0.2, 0) is 4.79 Å². The Hall–Kier alpha value is -0.620. The highest BCUT2D eigenvalue weighted by Gasteiger charge is 2.17. The van der Waals surface area contributed by atoms with Gasteiger partial charge >= 0.3 is 0 Å². The summed E-state index contributed by atoms with van der Waals surface area (Å²) >= 11 is 0. The molecule has 1 saturated carbocycles. The van der Waals surface area contributed by atoms with Crippen LogP contribution in [0, 0.1) is 11.8 Å². The van der Waals surface area contributed by atoms with E-state index >= 15 is 0 Å². The van der Waals surface area contributed by atoms with Crippen LogP contribution >= 0.6 is 0 Å². The Balaban J connectivity index is 2.22. The molecule has 0 radical (unpaired) electrons. The van der Waals surface area contributed by atoms with Crippen molar-refractivity contribution in [2.75, 3.05) is 6.54 Å². The zero-order chi connectivity index (χ0) is 8.10. The summed E-state index contributed by atoms with van der Waals surface area (Å²) in [6.07, 6.45) is 6.70. The van der Waals surface area contributed by atoms with Crippen LogP contribution in [-0.4, -0.2) is 12.6 Å². The van der Waals surface area contributed by atoms with Gasteiger partial charge in [0.2, 0.25) is 6.08 Å². The van der Waals surface area contributed by atoms with E-state index in [2.05, 4.69) is 11.9 Å². The number of isocyanates is 1. The molecule has 1 rings (SSSR count). The normalized spacial score (nSPS) is 31.0. The van der Waals surface area contributed by atoms with Crippen LogP contribution in [0.25, 0.3) is 0 Å². The van der Waals surface area contributed by atoms with Crippen molar-refractivity contribution in [3.8, 4) is 0 Å². The number of nitrogens with zero attached hydrogens (tertiary/aromatic N) is 1. The lowest BCUT2D eigenvalue weighted by atomic mass is 9.83. The van der Waals surface area contributed by atoms with Crippen molar-refractivity contribution in [3.05, 3.63) is 0 Å². The van der Waals surface area contributed by atoms with E-state index in [1.54, 1.807) is 6.08 Å². The lowest BCUT2D eigenvalue weighted by molar-refractivity contribution is 0.296. The number of hydrogen-bond donors (Lipinski definition) is 0. The van der Waals surface area contributed by atoms with Crippen LogP contribution in [0.1, 0.15) is 32.6 Å². The highest BCUT2D eigenvalue weighted by Crippen LogP contribution is 2.28. The molecule has 1 aliphatic rings. The molecule has 0 aromatic rings. The van der Waals surface area contributed by atoms with Crippen molar-refractivity contribution in [2.24, 2.45) is 16.8 Å². The van der Waals surface area contributed by atoms with E-state index < -0.39 is 0 Å². The van der Waals surface area contributed by atoms with Crippen molar-refractivity contribution >= 4 is 6.08 Å². The molecular formula is C9H15NO. The third kappa shape index (κ3) is 2.85. The standard InChI is InChI=1S/C9H15NO/c1-8-2-4-9(5-3-8)6-10-7-11/h8-9H,2-6H2,1H3. The molecule has 0 N–H and O–H groups in total. The average molecular weight is 153 g/mol. The summed E-state index contributed by atoms with van der Waals surface area (Å²) in [5.74, 6) is 1.54. The van der Waals surface area contributed by atoms with Crippen LogP contribution in [0.2, 0.25) is 0 Å². The van der Waals surface area contributed by atoms with Crippen molar-refractivity contribution in [3.63, 3.8) is 0 Å². The lowest BCUT2D eigenvalue weighted by Crippen LogP contribution is -2.14. The van der Waals surface area contributed by atoms with E-state index in [-0.39, 0.29) is 0 Å². The first-order chi connectivity index (χ1) is 5.33. The second-order valence-electron chi connectivity index (χ2n) is 3.56. The lowest BCUT2D eigenvalue weighted by Gasteiger charge is -2.24. The van der Waals surface area contributed by atoms with Crippen LogP contribution in [0.15, 0.2) is 4.99 Å². The molecule has 2 nitrogen and oxygen atoms in total. The van der Waals surface area contributed by atoms with Crippen molar-refractivity contribution in [1.82, 2.24) is 0 Å². The second kappa shape index (κ2) is 4.30. The summed E-state index contributed by atoms with van der Waals surface area (Å²) in [5.41, 5.74) is 0. The van der Waals surface area contributed by atoms with E-state index in [1.807, 2.05) is 0 Å². The van der Waals surface area contributed by atoms with E-state index in [9.17, 15) is 4.79 Å². The maximum absolute atomic E-state index is 9.82. The molecule has 0 spiro atoms. The minimum atomic E-state index is 0.660. The molecule has 0 amide bonds. The van der Waals surface area contributed by atoms with Gasteiger partial charge in [0.05, 0.1) is 6.54 Å². The molecule has 2 heteroatoms. The number of hydrogen-bond acceptors (Lipinski definition) is 2. The zero-order valence-electron chi connectivity index (χ0n) is 7.05. The summed E-state index contributed by atoms with van der Waals surface area (Å²) < 4.78 is 0. The van der Waals surface area contributed by atoms with Gasteiger partial charge in [-0.2, -0.15) is 0 Å². The molecule has 0 saturated heterocycles. The van der Waals surface area contributed by atoms with Gasteiger partial charge in [0.15, 0.2) is 0 Å². The molecule has 0 aromatic heterocycles. The molecule has 11 heavy (non-hydrogen) atoms. The van der Waals surface area contributed by atoms with Gasteiger partial charge < -0.3 is 0 Å². The Kier molecular flexibility index (Phi) is 3.31. The predicted molar refractivity (Wildman–Crippen MR) is 44.1 cm³/mol. The smallest absolute Gasteiger partial charge is 0.211 e. The first kappa shape index (κ1) is 8.48. The number of rotatable bonds is 2. The summed E-state index contributed by atoms with van der Waals surface area (Å²) in [6.45, 7) is 3.00. The molecule has 0 unspecified atom stereocenters. The monoisotopic (exact) mass is 153 g/mol. The van der Waals surface area contributed by atoms with E-state index in [1.165, 1.54) is 25.7 Å². The van der Waals surface area contributed by atoms with Crippen LogP contribution in [0.5, 0.6) is 0 Å². The van der Waals surface area contributed by atoms with Gasteiger partial charge in [0.25, 0.3) is 0 Å². The Morgan fingerprint density at radius 3 is 2.55 bits per heavy atom. The first-order valence-electron chi connectivity index (χ1n) is 4.36. The Labute approximate surface area is 67.7 Å². The largest absolute Gasteiger partial charge is 0.234 e. The zero-order valence-corrected chi connectivity index (χ0v) is 7.05. The average Bonchev–Trinajstić information content (AvgIpc) is 2.04. The highest BCUT2D eigenvalue weighted by molar-refractivity contribution is 5.32. The van der Waals surface area contributed by atoms with Crippen LogP contribution in [0.3, 0.4) is 0 Å². The van der Waals surface area contributed by atoms with E-state index in [4.69, 9.17) is 0 Å². The van der Waals surface area contributed by atoms with Gasteiger partial charge in [-0.3, -0.25) is 0 Å². The van der Waals surface area contributed by atoms with E-state index in [0.717, 1.165) is 5.92 Å². The highest BCUT2D eigenvalue weighted by atomic mass is 16.1. The summed E-state index contributed by atoms with van der Waals surface area (Å²) in [4.78, 5) is 13.4. The predicted octanol–water partition coefficient (Wildman–Crippen LogP) is 2.15. The molecule has 0 aliphatic heterocycles. The van der Waals surface area contributed by atoms with Gasteiger partial charge in [-0.15, -0.1) is 0 Å². The van der Waals surface area contributed by atoms with Gasteiger partial charge in [-0.1, -0.05) is 19.8 Å². The van der Waals surface area contributed by atoms with Crippen LogP contribution in [0.4, 0.5) is 0 Å². The first-order valence-corrected chi connectivity index (χ1v) is 4.36. The van der Waals surface area contributed by atoms with Crippen LogP contribution < -0.4 is 0 Å². The Morgan fingerprint density at radius 1 is 1.36 bits per heavy atom. The van der Waals surface area contributed by atoms with Crippen molar-refractivity contribution in [1.29, 1.82) is 0 Å². The topological polar surface area (TPSA) is 29.4 Å². The second-order valence-corrected chi connectivity index (χ2v) is 3.56. The maximum Gasteiger partial charge on any atom is 0.234 e. The third-order valence-electron chi connectivity index (χ3n) is 2.55. The fourth-order valence-corrected chi connectivity index (χ4v) is 1.68.